The van der Waals surface area contributed by atoms with E-state index >= 15 is 0 Å². The summed E-state index contributed by atoms with van der Waals surface area (Å²) < 4.78 is 11.7. The fourth-order valence-electron chi connectivity index (χ4n) is 3.11. The van der Waals surface area contributed by atoms with Crippen LogP contribution in [0.25, 0.3) is 16.9 Å². The van der Waals surface area contributed by atoms with Crippen molar-refractivity contribution in [1.29, 1.82) is 0 Å². The van der Waals surface area contributed by atoms with E-state index in [2.05, 4.69) is 25.2 Å². The number of methoxy groups -OCH3 is 2. The van der Waals surface area contributed by atoms with Gasteiger partial charge in [0.15, 0.2) is 17.0 Å². The number of fused-ring (bicyclic) bond motifs is 1. The molecule has 1 aliphatic rings. The molecule has 0 N–H and O–H groups in total. The maximum absolute atomic E-state index is 11.7. The van der Waals surface area contributed by atoms with Gasteiger partial charge in [0.1, 0.15) is 12.1 Å². The van der Waals surface area contributed by atoms with Crippen molar-refractivity contribution in [3.63, 3.8) is 0 Å². The molecule has 10 heteroatoms. The van der Waals surface area contributed by atoms with Gasteiger partial charge < -0.3 is 19.3 Å². The number of rotatable bonds is 3. The number of aromatic nitrogens is 5. The van der Waals surface area contributed by atoms with Crippen molar-refractivity contribution in [2.75, 3.05) is 45.3 Å². The molecule has 1 aromatic carbocycles. The fraction of sp³-hybridized carbons (Fsp3) is 0.353. The van der Waals surface area contributed by atoms with Gasteiger partial charge in [-0.25, -0.2) is 14.8 Å². The molecule has 4 rings (SSSR count). The summed E-state index contributed by atoms with van der Waals surface area (Å²) in [5.41, 5.74) is 2.03. The van der Waals surface area contributed by atoms with E-state index in [1.807, 2.05) is 24.3 Å². The number of benzene rings is 1. The van der Waals surface area contributed by atoms with Gasteiger partial charge in [-0.1, -0.05) is 11.3 Å². The van der Waals surface area contributed by atoms with Crippen LogP contribution in [0.3, 0.4) is 0 Å². The molecule has 3 heterocycles. The smallest absolute Gasteiger partial charge is 0.409 e. The van der Waals surface area contributed by atoms with Gasteiger partial charge in [0.25, 0.3) is 0 Å². The van der Waals surface area contributed by atoms with Crippen LogP contribution in [0.5, 0.6) is 5.75 Å². The van der Waals surface area contributed by atoms with Crippen molar-refractivity contribution < 1.29 is 14.3 Å². The van der Waals surface area contributed by atoms with Crippen LogP contribution >= 0.6 is 0 Å². The molecule has 27 heavy (non-hydrogen) atoms. The van der Waals surface area contributed by atoms with Crippen molar-refractivity contribution in [3.05, 3.63) is 30.6 Å². The molecule has 3 aromatic rings. The highest BCUT2D eigenvalue weighted by atomic mass is 16.5. The third-order valence-corrected chi connectivity index (χ3v) is 4.53. The van der Waals surface area contributed by atoms with Crippen LogP contribution in [0.2, 0.25) is 0 Å². The number of hydrogen-bond acceptors (Lipinski definition) is 8. The Bertz CT molecular complexity index is 966. The summed E-state index contributed by atoms with van der Waals surface area (Å²) in [6.45, 7) is 2.38. The van der Waals surface area contributed by atoms with Crippen LogP contribution in [-0.2, 0) is 4.74 Å². The van der Waals surface area contributed by atoms with E-state index in [-0.39, 0.29) is 6.09 Å². The largest absolute Gasteiger partial charge is 0.497 e. The number of anilines is 1. The minimum absolute atomic E-state index is 0.313. The third kappa shape index (κ3) is 3.09. The van der Waals surface area contributed by atoms with Crippen molar-refractivity contribution in [2.45, 2.75) is 0 Å². The molecule has 0 bridgehead atoms. The van der Waals surface area contributed by atoms with Crippen LogP contribution in [0.4, 0.5) is 10.6 Å². The lowest BCUT2D eigenvalue weighted by Crippen LogP contribution is -2.49. The molecule has 10 nitrogen and oxygen atoms in total. The van der Waals surface area contributed by atoms with Gasteiger partial charge in [-0.15, -0.1) is 5.10 Å². The summed E-state index contributed by atoms with van der Waals surface area (Å²) in [7, 11) is 3.01. The van der Waals surface area contributed by atoms with Crippen LogP contribution < -0.4 is 9.64 Å². The predicted octanol–water partition coefficient (Wildman–Crippen LogP) is 1.11. The monoisotopic (exact) mass is 369 g/mol. The molecule has 1 aliphatic heterocycles. The van der Waals surface area contributed by atoms with E-state index in [4.69, 9.17) is 9.47 Å². The SMILES string of the molecule is COC(=O)N1CCN(c2ncnc3c2nnn3-c2cccc(OC)c2)CC1. The zero-order chi connectivity index (χ0) is 18.8. The summed E-state index contributed by atoms with van der Waals surface area (Å²) in [5.74, 6) is 1.43. The Labute approximate surface area is 155 Å². The quantitative estimate of drug-likeness (QED) is 0.677. The van der Waals surface area contributed by atoms with E-state index in [1.54, 1.807) is 16.7 Å². The second-order valence-corrected chi connectivity index (χ2v) is 6.02. The Morgan fingerprint density at radius 1 is 1.11 bits per heavy atom. The molecule has 1 amide bonds. The number of carbonyl (C=O) groups excluding carboxylic acids is 1. The van der Waals surface area contributed by atoms with E-state index in [0.717, 1.165) is 11.4 Å². The lowest BCUT2D eigenvalue weighted by molar-refractivity contribution is 0.121. The molecule has 0 radical (unpaired) electrons. The van der Waals surface area contributed by atoms with Gasteiger partial charge in [0.05, 0.1) is 19.9 Å². The van der Waals surface area contributed by atoms with Crippen LogP contribution in [-0.4, -0.2) is 76.4 Å². The summed E-state index contributed by atoms with van der Waals surface area (Å²) in [6.07, 6.45) is 1.19. The zero-order valence-electron chi connectivity index (χ0n) is 15.1. The highest BCUT2D eigenvalue weighted by Gasteiger charge is 2.25. The lowest BCUT2D eigenvalue weighted by atomic mass is 10.3. The molecule has 0 aliphatic carbocycles. The first-order valence-electron chi connectivity index (χ1n) is 8.50. The Morgan fingerprint density at radius 2 is 1.93 bits per heavy atom. The molecule has 0 unspecified atom stereocenters. The predicted molar refractivity (Wildman–Crippen MR) is 97.2 cm³/mol. The molecule has 140 valence electrons. The Kier molecular flexibility index (Phi) is 4.45. The summed E-state index contributed by atoms with van der Waals surface area (Å²) >= 11 is 0. The molecule has 0 saturated carbocycles. The average molecular weight is 369 g/mol. The van der Waals surface area contributed by atoms with Gasteiger partial charge in [-0.2, -0.15) is 4.68 Å². The maximum atomic E-state index is 11.7. The van der Waals surface area contributed by atoms with Crippen molar-refractivity contribution in [1.82, 2.24) is 29.9 Å². The van der Waals surface area contributed by atoms with Crippen LogP contribution in [0, 0.1) is 0 Å². The van der Waals surface area contributed by atoms with Crippen molar-refractivity contribution in [3.8, 4) is 11.4 Å². The molecule has 0 atom stereocenters. The van der Waals surface area contributed by atoms with Gasteiger partial charge in [-0.05, 0) is 12.1 Å². The summed E-state index contributed by atoms with van der Waals surface area (Å²) in [6, 6.07) is 7.53. The van der Waals surface area contributed by atoms with Gasteiger partial charge in [-0.3, -0.25) is 0 Å². The first kappa shape index (κ1) is 17.0. The maximum Gasteiger partial charge on any atom is 0.409 e. The number of ether oxygens (including phenoxy) is 2. The number of amides is 1. The molecular formula is C17H19N7O3. The lowest BCUT2D eigenvalue weighted by Gasteiger charge is -2.34. The van der Waals surface area contributed by atoms with Crippen LogP contribution in [0.15, 0.2) is 30.6 Å². The molecular weight excluding hydrogens is 350 g/mol. The van der Waals surface area contributed by atoms with Gasteiger partial charge in [0, 0.05) is 32.2 Å². The number of nitrogens with zero attached hydrogens (tertiary/aromatic N) is 7. The Balaban J connectivity index is 1.64. The van der Waals surface area contributed by atoms with E-state index in [0.29, 0.717) is 43.2 Å². The number of hydrogen-bond donors (Lipinski definition) is 0. The molecule has 2 aromatic heterocycles. The third-order valence-electron chi connectivity index (χ3n) is 4.53. The van der Waals surface area contributed by atoms with Crippen molar-refractivity contribution in [2.24, 2.45) is 0 Å². The summed E-state index contributed by atoms with van der Waals surface area (Å²) in [4.78, 5) is 24.2. The van der Waals surface area contributed by atoms with Gasteiger partial charge >= 0.3 is 6.09 Å². The second kappa shape index (κ2) is 7.06. The van der Waals surface area contributed by atoms with E-state index in [9.17, 15) is 4.79 Å². The van der Waals surface area contributed by atoms with E-state index in [1.165, 1.54) is 13.4 Å². The summed E-state index contributed by atoms with van der Waals surface area (Å²) in [5, 5.41) is 8.55. The molecule has 1 saturated heterocycles. The van der Waals surface area contributed by atoms with Crippen LogP contribution in [0.1, 0.15) is 0 Å². The standard InChI is InChI=1S/C17H19N7O3/c1-26-13-5-3-4-12(10-13)24-16-14(20-21-24)15(18-11-19-16)22-6-8-23(9-7-22)17(25)27-2/h3-5,10-11H,6-9H2,1-2H3. The first-order valence-corrected chi connectivity index (χ1v) is 8.50. The number of piperazine rings is 1. The average Bonchev–Trinajstić information content (AvgIpc) is 3.17. The highest BCUT2D eigenvalue weighted by Crippen LogP contribution is 2.24. The first-order chi connectivity index (χ1) is 13.2. The topological polar surface area (TPSA) is 98.5 Å². The number of carbonyl (C=O) groups is 1. The van der Waals surface area contributed by atoms with E-state index < -0.39 is 0 Å². The fourth-order valence-corrected chi connectivity index (χ4v) is 3.11. The van der Waals surface area contributed by atoms with Crippen molar-refractivity contribution >= 4 is 23.1 Å². The highest BCUT2D eigenvalue weighted by molar-refractivity contribution is 5.83. The molecule has 0 spiro atoms. The minimum atomic E-state index is -0.313. The van der Waals surface area contributed by atoms with Gasteiger partial charge in [0.2, 0.25) is 0 Å². The minimum Gasteiger partial charge on any atom is -0.497 e. The normalized spacial score (nSPS) is 14.4. The Morgan fingerprint density at radius 3 is 2.67 bits per heavy atom. The zero-order valence-corrected chi connectivity index (χ0v) is 15.1. The second-order valence-electron chi connectivity index (χ2n) is 6.02. The molecule has 1 fully saturated rings. The Hall–Kier alpha value is -3.43.